The Kier molecular flexibility index (Phi) is 8.96. The zero-order chi connectivity index (χ0) is 22.9. The first-order chi connectivity index (χ1) is 15.5. The molecular weight excluding hydrogens is 414 g/mol. The van der Waals surface area contributed by atoms with E-state index in [9.17, 15) is 13.9 Å². The number of pyridine rings is 1. The molecular formula is C23H34F2N6O. The smallest absolute Gasteiger partial charge is 0.224 e. The Hall–Kier alpha value is -2.55. The molecule has 3 N–H and O–H groups in total. The van der Waals surface area contributed by atoms with Crippen LogP contribution in [0.1, 0.15) is 45.4 Å². The summed E-state index contributed by atoms with van der Waals surface area (Å²) in [5, 5.41) is 16.3. The number of hydrogen-bond acceptors (Lipinski definition) is 7. The van der Waals surface area contributed by atoms with Crippen LogP contribution in [0.15, 0.2) is 24.5 Å². The molecule has 1 saturated carbocycles. The number of aliphatic hydroxyl groups excluding tert-OH is 1. The molecule has 7 nitrogen and oxygen atoms in total. The van der Waals surface area contributed by atoms with E-state index < -0.39 is 6.17 Å². The van der Waals surface area contributed by atoms with Crippen LogP contribution in [-0.2, 0) is 0 Å². The standard InChI is InChI=1S/C23H34F2N6O/c1-3-16(25)13-27-23-28-15-20(22(30-23)29-17-5-8-19(32)9-6-17)21-10-7-18(14-26-21)31(2)12-4-11-24/h7,10,14-17,19,32H,3-6,8-9,11-13H2,1-2H3,(H2,27,28,29,30)/t16-,17-,19-/m0/s1. The molecule has 0 amide bonds. The van der Waals surface area contributed by atoms with Gasteiger partial charge in [0.05, 0.1) is 35.9 Å². The highest BCUT2D eigenvalue weighted by Gasteiger charge is 2.21. The van der Waals surface area contributed by atoms with Crippen LogP contribution in [-0.4, -0.2) is 65.2 Å². The van der Waals surface area contributed by atoms with Gasteiger partial charge in [-0.3, -0.25) is 9.37 Å². The van der Waals surface area contributed by atoms with Crippen molar-refractivity contribution in [2.75, 3.05) is 42.3 Å². The van der Waals surface area contributed by atoms with Gasteiger partial charge in [-0.25, -0.2) is 9.37 Å². The highest BCUT2D eigenvalue weighted by Crippen LogP contribution is 2.29. The zero-order valence-corrected chi connectivity index (χ0v) is 18.9. The molecule has 0 spiro atoms. The lowest BCUT2D eigenvalue weighted by atomic mass is 9.93. The van der Waals surface area contributed by atoms with Gasteiger partial charge in [-0.15, -0.1) is 0 Å². The van der Waals surface area contributed by atoms with Gasteiger partial charge in [-0.05, 0) is 50.7 Å². The molecule has 1 atom stereocenters. The second-order valence-electron chi connectivity index (χ2n) is 8.36. The van der Waals surface area contributed by atoms with E-state index in [1.807, 2.05) is 24.1 Å². The van der Waals surface area contributed by atoms with Crippen molar-refractivity contribution in [3.8, 4) is 11.3 Å². The van der Waals surface area contributed by atoms with Crippen molar-refractivity contribution < 1.29 is 13.9 Å². The fourth-order valence-electron chi connectivity index (χ4n) is 3.72. The van der Waals surface area contributed by atoms with E-state index in [-0.39, 0.29) is 25.4 Å². The molecule has 1 fully saturated rings. The average molecular weight is 449 g/mol. The molecule has 1 aliphatic carbocycles. The van der Waals surface area contributed by atoms with Gasteiger partial charge in [0.2, 0.25) is 5.95 Å². The first-order valence-corrected chi connectivity index (χ1v) is 11.4. The van der Waals surface area contributed by atoms with Gasteiger partial charge < -0.3 is 20.6 Å². The molecule has 2 aromatic rings. The molecule has 176 valence electrons. The van der Waals surface area contributed by atoms with E-state index in [2.05, 4.69) is 25.6 Å². The van der Waals surface area contributed by atoms with Crippen LogP contribution >= 0.6 is 0 Å². The maximum Gasteiger partial charge on any atom is 0.224 e. The molecule has 9 heteroatoms. The van der Waals surface area contributed by atoms with Gasteiger partial charge in [0.1, 0.15) is 12.0 Å². The minimum Gasteiger partial charge on any atom is -0.393 e. The number of halogens is 2. The molecule has 0 aromatic carbocycles. The Morgan fingerprint density at radius 2 is 1.97 bits per heavy atom. The van der Waals surface area contributed by atoms with Crippen LogP contribution in [0.2, 0.25) is 0 Å². The normalized spacial score (nSPS) is 19.4. The van der Waals surface area contributed by atoms with Crippen molar-refractivity contribution in [2.45, 2.75) is 63.8 Å². The number of aromatic nitrogens is 3. The highest BCUT2D eigenvalue weighted by atomic mass is 19.1. The minimum absolute atomic E-state index is 0.156. The van der Waals surface area contributed by atoms with Crippen molar-refractivity contribution in [2.24, 2.45) is 0 Å². The first-order valence-electron chi connectivity index (χ1n) is 11.4. The molecule has 0 saturated heterocycles. The Morgan fingerprint density at radius 3 is 2.62 bits per heavy atom. The molecule has 2 heterocycles. The summed E-state index contributed by atoms with van der Waals surface area (Å²) >= 11 is 0. The van der Waals surface area contributed by atoms with E-state index in [1.54, 1.807) is 19.3 Å². The quantitative estimate of drug-likeness (QED) is 0.475. The summed E-state index contributed by atoms with van der Waals surface area (Å²) in [5.41, 5.74) is 2.38. The monoisotopic (exact) mass is 448 g/mol. The Bertz CT molecular complexity index is 830. The summed E-state index contributed by atoms with van der Waals surface area (Å²) < 4.78 is 26.1. The van der Waals surface area contributed by atoms with Crippen LogP contribution in [0.25, 0.3) is 11.3 Å². The summed E-state index contributed by atoms with van der Waals surface area (Å²) in [6.45, 7) is 2.23. The molecule has 1 aliphatic rings. The number of hydrogen-bond donors (Lipinski definition) is 3. The lowest BCUT2D eigenvalue weighted by molar-refractivity contribution is 0.126. The lowest BCUT2D eigenvalue weighted by Gasteiger charge is -2.27. The largest absolute Gasteiger partial charge is 0.393 e. The average Bonchev–Trinajstić information content (AvgIpc) is 2.82. The fourth-order valence-corrected chi connectivity index (χ4v) is 3.72. The topological polar surface area (TPSA) is 86.2 Å². The third-order valence-corrected chi connectivity index (χ3v) is 5.84. The summed E-state index contributed by atoms with van der Waals surface area (Å²) in [7, 11) is 1.91. The van der Waals surface area contributed by atoms with Crippen LogP contribution in [0.3, 0.4) is 0 Å². The van der Waals surface area contributed by atoms with E-state index in [4.69, 9.17) is 0 Å². The van der Waals surface area contributed by atoms with Crippen molar-refractivity contribution in [1.82, 2.24) is 15.0 Å². The second kappa shape index (κ2) is 11.9. The second-order valence-corrected chi connectivity index (χ2v) is 8.36. The van der Waals surface area contributed by atoms with Gasteiger partial charge in [0.15, 0.2) is 0 Å². The third kappa shape index (κ3) is 6.72. The van der Waals surface area contributed by atoms with Crippen LogP contribution in [0.5, 0.6) is 0 Å². The number of nitrogens with zero attached hydrogens (tertiary/aromatic N) is 4. The number of nitrogens with one attached hydrogen (secondary N) is 2. The van der Waals surface area contributed by atoms with Gasteiger partial charge in [0, 0.05) is 32.4 Å². The highest BCUT2D eigenvalue weighted by molar-refractivity contribution is 5.73. The van der Waals surface area contributed by atoms with E-state index in [0.29, 0.717) is 31.2 Å². The SMILES string of the molecule is CC[C@H](F)CNc1ncc(-c2ccc(N(C)CCCF)cn2)c(N[C@H]2CC[C@H](O)CC2)n1. The van der Waals surface area contributed by atoms with Gasteiger partial charge in [0.25, 0.3) is 0 Å². The van der Waals surface area contributed by atoms with Crippen LogP contribution in [0, 0.1) is 0 Å². The number of rotatable bonds is 11. The zero-order valence-electron chi connectivity index (χ0n) is 18.9. The van der Waals surface area contributed by atoms with Crippen LogP contribution in [0.4, 0.5) is 26.2 Å². The summed E-state index contributed by atoms with van der Waals surface area (Å²) in [4.78, 5) is 15.5. The maximum absolute atomic E-state index is 13.7. The number of alkyl halides is 2. The molecule has 0 aliphatic heterocycles. The molecule has 3 rings (SSSR count). The minimum atomic E-state index is -0.960. The van der Waals surface area contributed by atoms with Gasteiger partial charge >= 0.3 is 0 Å². The Labute approximate surface area is 188 Å². The summed E-state index contributed by atoms with van der Waals surface area (Å²) in [6.07, 6.45) is 6.36. The van der Waals surface area contributed by atoms with E-state index >= 15 is 0 Å². The summed E-state index contributed by atoms with van der Waals surface area (Å²) in [6, 6.07) is 4.04. The molecule has 0 radical (unpaired) electrons. The predicted octanol–water partition coefficient (Wildman–Crippen LogP) is 4.21. The van der Waals surface area contributed by atoms with Gasteiger partial charge in [-0.2, -0.15) is 4.98 Å². The van der Waals surface area contributed by atoms with Gasteiger partial charge in [-0.1, -0.05) is 6.92 Å². The first kappa shape index (κ1) is 24.1. The van der Waals surface area contributed by atoms with Crippen molar-refractivity contribution in [3.05, 3.63) is 24.5 Å². The van der Waals surface area contributed by atoms with Crippen molar-refractivity contribution in [1.29, 1.82) is 0 Å². The maximum atomic E-state index is 13.7. The molecule has 0 unspecified atom stereocenters. The third-order valence-electron chi connectivity index (χ3n) is 5.84. The Balaban J connectivity index is 1.81. The van der Waals surface area contributed by atoms with Crippen LogP contribution < -0.4 is 15.5 Å². The number of aliphatic hydroxyl groups is 1. The Morgan fingerprint density at radius 1 is 1.19 bits per heavy atom. The number of anilines is 3. The van der Waals surface area contributed by atoms with Crippen molar-refractivity contribution >= 4 is 17.5 Å². The van der Waals surface area contributed by atoms with E-state index in [1.165, 1.54) is 0 Å². The molecule has 2 aromatic heterocycles. The predicted molar refractivity (Wildman–Crippen MR) is 125 cm³/mol. The molecule has 0 bridgehead atoms. The fraction of sp³-hybridized carbons (Fsp3) is 0.609. The lowest BCUT2D eigenvalue weighted by Crippen LogP contribution is -2.29. The van der Waals surface area contributed by atoms with Crippen molar-refractivity contribution in [3.63, 3.8) is 0 Å². The summed E-state index contributed by atoms with van der Waals surface area (Å²) in [5.74, 6) is 1.01. The molecule has 32 heavy (non-hydrogen) atoms. The van der Waals surface area contributed by atoms with E-state index in [0.717, 1.165) is 42.6 Å².